The SMILES string of the molecule is CCn1cc(COc2ccc(N)cc2OC)cn1. The van der Waals surface area contributed by atoms with Crippen molar-refractivity contribution in [3.63, 3.8) is 0 Å². The molecular weight excluding hydrogens is 230 g/mol. The van der Waals surface area contributed by atoms with Crippen molar-refractivity contribution in [2.75, 3.05) is 12.8 Å². The summed E-state index contributed by atoms with van der Waals surface area (Å²) >= 11 is 0. The van der Waals surface area contributed by atoms with Gasteiger partial charge in [-0.2, -0.15) is 5.10 Å². The fourth-order valence-electron chi connectivity index (χ4n) is 1.62. The molecule has 2 aromatic rings. The van der Waals surface area contributed by atoms with Crippen molar-refractivity contribution in [2.45, 2.75) is 20.1 Å². The number of anilines is 1. The topological polar surface area (TPSA) is 62.3 Å². The third-order valence-corrected chi connectivity index (χ3v) is 2.59. The normalized spacial score (nSPS) is 10.3. The Balaban J connectivity index is 2.05. The summed E-state index contributed by atoms with van der Waals surface area (Å²) in [5.74, 6) is 1.31. The second kappa shape index (κ2) is 5.44. The van der Waals surface area contributed by atoms with Crippen LogP contribution in [0.3, 0.4) is 0 Å². The third-order valence-electron chi connectivity index (χ3n) is 2.59. The molecule has 0 aliphatic rings. The summed E-state index contributed by atoms with van der Waals surface area (Å²) in [6, 6.07) is 5.33. The van der Waals surface area contributed by atoms with E-state index in [1.807, 2.05) is 17.8 Å². The lowest BCUT2D eigenvalue weighted by molar-refractivity contribution is 0.284. The Bertz CT molecular complexity index is 523. The molecule has 0 atom stereocenters. The molecule has 0 saturated heterocycles. The number of methoxy groups -OCH3 is 1. The highest BCUT2D eigenvalue weighted by atomic mass is 16.5. The van der Waals surface area contributed by atoms with Gasteiger partial charge in [-0.3, -0.25) is 4.68 Å². The molecule has 2 rings (SSSR count). The van der Waals surface area contributed by atoms with Gasteiger partial charge in [0.05, 0.1) is 13.3 Å². The molecule has 5 heteroatoms. The van der Waals surface area contributed by atoms with E-state index in [1.54, 1.807) is 31.5 Å². The first-order chi connectivity index (χ1) is 8.72. The van der Waals surface area contributed by atoms with Gasteiger partial charge < -0.3 is 15.2 Å². The Morgan fingerprint density at radius 2 is 2.17 bits per heavy atom. The molecule has 18 heavy (non-hydrogen) atoms. The van der Waals surface area contributed by atoms with Gasteiger partial charge in [-0.05, 0) is 19.1 Å². The standard InChI is InChI=1S/C13H17N3O2/c1-3-16-8-10(7-15-16)9-18-12-5-4-11(14)6-13(12)17-2/h4-8H,3,9,14H2,1-2H3. The third kappa shape index (κ3) is 2.74. The molecule has 1 heterocycles. The highest BCUT2D eigenvalue weighted by Crippen LogP contribution is 2.29. The number of aromatic nitrogens is 2. The summed E-state index contributed by atoms with van der Waals surface area (Å²) in [4.78, 5) is 0. The molecule has 0 saturated carbocycles. The quantitative estimate of drug-likeness (QED) is 0.822. The zero-order valence-corrected chi connectivity index (χ0v) is 10.6. The van der Waals surface area contributed by atoms with Gasteiger partial charge >= 0.3 is 0 Å². The van der Waals surface area contributed by atoms with Crippen LogP contribution in [0.15, 0.2) is 30.6 Å². The van der Waals surface area contributed by atoms with E-state index in [0.717, 1.165) is 12.1 Å². The van der Waals surface area contributed by atoms with E-state index in [4.69, 9.17) is 15.2 Å². The van der Waals surface area contributed by atoms with Gasteiger partial charge in [0, 0.05) is 30.1 Å². The number of nitrogens with two attached hydrogens (primary N) is 1. The Morgan fingerprint density at radius 1 is 1.33 bits per heavy atom. The molecule has 5 nitrogen and oxygen atoms in total. The van der Waals surface area contributed by atoms with Crippen molar-refractivity contribution in [3.05, 3.63) is 36.2 Å². The Labute approximate surface area is 106 Å². The molecule has 0 fully saturated rings. The number of rotatable bonds is 5. The van der Waals surface area contributed by atoms with E-state index in [2.05, 4.69) is 5.10 Å². The fourth-order valence-corrected chi connectivity index (χ4v) is 1.62. The maximum Gasteiger partial charge on any atom is 0.162 e. The summed E-state index contributed by atoms with van der Waals surface area (Å²) < 4.78 is 12.8. The predicted octanol–water partition coefficient (Wildman–Crippen LogP) is 2.07. The second-order valence-electron chi connectivity index (χ2n) is 3.90. The van der Waals surface area contributed by atoms with Crippen LogP contribution in [0.2, 0.25) is 0 Å². The molecule has 0 radical (unpaired) electrons. The zero-order chi connectivity index (χ0) is 13.0. The van der Waals surface area contributed by atoms with Crippen LogP contribution in [0.4, 0.5) is 5.69 Å². The van der Waals surface area contributed by atoms with E-state index in [9.17, 15) is 0 Å². The van der Waals surface area contributed by atoms with Crippen molar-refractivity contribution < 1.29 is 9.47 Å². The molecule has 1 aromatic carbocycles. The Morgan fingerprint density at radius 3 is 2.83 bits per heavy atom. The van der Waals surface area contributed by atoms with Crippen molar-refractivity contribution in [1.82, 2.24) is 9.78 Å². The summed E-state index contributed by atoms with van der Waals surface area (Å²) in [6.45, 7) is 3.35. The first-order valence-corrected chi connectivity index (χ1v) is 5.80. The van der Waals surface area contributed by atoms with E-state index < -0.39 is 0 Å². The number of aryl methyl sites for hydroxylation is 1. The Hall–Kier alpha value is -2.17. The highest BCUT2D eigenvalue weighted by molar-refractivity contribution is 5.51. The summed E-state index contributed by atoms with van der Waals surface area (Å²) in [7, 11) is 1.59. The molecule has 0 spiro atoms. The molecule has 0 unspecified atom stereocenters. The van der Waals surface area contributed by atoms with Crippen LogP contribution >= 0.6 is 0 Å². The van der Waals surface area contributed by atoms with Crippen LogP contribution in [0.1, 0.15) is 12.5 Å². The number of hydrogen-bond donors (Lipinski definition) is 1. The van der Waals surface area contributed by atoms with E-state index in [-0.39, 0.29) is 0 Å². The maximum absolute atomic E-state index is 5.69. The second-order valence-corrected chi connectivity index (χ2v) is 3.90. The molecule has 0 aliphatic heterocycles. The Kier molecular flexibility index (Phi) is 3.72. The zero-order valence-electron chi connectivity index (χ0n) is 10.6. The van der Waals surface area contributed by atoms with Gasteiger partial charge in [0.25, 0.3) is 0 Å². The number of nitrogen functional groups attached to an aromatic ring is 1. The lowest BCUT2D eigenvalue weighted by Crippen LogP contribution is -1.98. The fraction of sp³-hybridized carbons (Fsp3) is 0.308. The van der Waals surface area contributed by atoms with Crippen LogP contribution in [-0.4, -0.2) is 16.9 Å². The minimum Gasteiger partial charge on any atom is -0.493 e. The first kappa shape index (κ1) is 12.3. The van der Waals surface area contributed by atoms with Crippen LogP contribution in [0, 0.1) is 0 Å². The van der Waals surface area contributed by atoms with E-state index in [0.29, 0.717) is 23.8 Å². The average molecular weight is 247 g/mol. The highest BCUT2D eigenvalue weighted by Gasteiger charge is 2.05. The molecule has 2 N–H and O–H groups in total. The summed E-state index contributed by atoms with van der Waals surface area (Å²) in [5.41, 5.74) is 7.36. The average Bonchev–Trinajstić information content (AvgIpc) is 2.85. The molecule has 96 valence electrons. The maximum atomic E-state index is 5.69. The number of ether oxygens (including phenoxy) is 2. The first-order valence-electron chi connectivity index (χ1n) is 5.80. The predicted molar refractivity (Wildman–Crippen MR) is 69.6 cm³/mol. The van der Waals surface area contributed by atoms with Gasteiger partial charge in [-0.1, -0.05) is 0 Å². The van der Waals surface area contributed by atoms with Gasteiger partial charge in [-0.15, -0.1) is 0 Å². The molecule has 0 amide bonds. The lowest BCUT2D eigenvalue weighted by Gasteiger charge is -2.10. The number of hydrogen-bond acceptors (Lipinski definition) is 4. The van der Waals surface area contributed by atoms with Gasteiger partial charge in [0.1, 0.15) is 6.61 Å². The molecule has 0 aliphatic carbocycles. The van der Waals surface area contributed by atoms with Crippen molar-refractivity contribution in [2.24, 2.45) is 0 Å². The van der Waals surface area contributed by atoms with Crippen LogP contribution in [-0.2, 0) is 13.2 Å². The van der Waals surface area contributed by atoms with Crippen LogP contribution < -0.4 is 15.2 Å². The minimum absolute atomic E-state index is 0.459. The summed E-state index contributed by atoms with van der Waals surface area (Å²) in [6.07, 6.45) is 3.76. The number of nitrogens with zero attached hydrogens (tertiary/aromatic N) is 2. The van der Waals surface area contributed by atoms with Gasteiger partial charge in [-0.25, -0.2) is 0 Å². The van der Waals surface area contributed by atoms with Crippen molar-refractivity contribution in [1.29, 1.82) is 0 Å². The van der Waals surface area contributed by atoms with Crippen LogP contribution in [0.5, 0.6) is 11.5 Å². The van der Waals surface area contributed by atoms with E-state index >= 15 is 0 Å². The van der Waals surface area contributed by atoms with Crippen molar-refractivity contribution in [3.8, 4) is 11.5 Å². The molecular formula is C13H17N3O2. The monoisotopic (exact) mass is 247 g/mol. The number of benzene rings is 1. The molecule has 0 bridgehead atoms. The molecule has 1 aromatic heterocycles. The minimum atomic E-state index is 0.459. The van der Waals surface area contributed by atoms with Crippen LogP contribution in [0.25, 0.3) is 0 Å². The van der Waals surface area contributed by atoms with Gasteiger partial charge in [0.15, 0.2) is 11.5 Å². The largest absolute Gasteiger partial charge is 0.493 e. The van der Waals surface area contributed by atoms with Gasteiger partial charge in [0.2, 0.25) is 0 Å². The lowest BCUT2D eigenvalue weighted by atomic mass is 10.3. The van der Waals surface area contributed by atoms with E-state index in [1.165, 1.54) is 0 Å². The van der Waals surface area contributed by atoms with Crippen molar-refractivity contribution >= 4 is 5.69 Å². The smallest absolute Gasteiger partial charge is 0.162 e. The summed E-state index contributed by atoms with van der Waals surface area (Å²) in [5, 5.41) is 4.19.